The number of ether oxygens (including phenoxy) is 1. The number of nitrogens with one attached hydrogen (secondary N) is 3. The van der Waals surface area contributed by atoms with Gasteiger partial charge in [0.1, 0.15) is 0 Å². The van der Waals surface area contributed by atoms with Gasteiger partial charge in [0.15, 0.2) is 0 Å². The Morgan fingerprint density at radius 3 is 2.57 bits per heavy atom. The van der Waals surface area contributed by atoms with Crippen LogP contribution in [0.5, 0.6) is 0 Å². The highest BCUT2D eigenvalue weighted by atomic mass is 16.5. The number of amides is 3. The Hall–Kier alpha value is -2.61. The van der Waals surface area contributed by atoms with Crippen LogP contribution < -0.4 is 16.0 Å². The topological polar surface area (TPSA) is 117 Å². The second kappa shape index (κ2) is 8.54. The quantitative estimate of drug-likeness (QED) is 0.539. The van der Waals surface area contributed by atoms with E-state index >= 15 is 0 Å². The van der Waals surface area contributed by atoms with Crippen molar-refractivity contribution in [2.75, 3.05) is 32.1 Å². The van der Waals surface area contributed by atoms with Crippen LogP contribution in [0.4, 0.5) is 10.5 Å². The minimum atomic E-state index is -1.15. The van der Waals surface area contributed by atoms with E-state index in [4.69, 9.17) is 9.84 Å². The smallest absolute Gasteiger partial charge is 0.337 e. The number of hydrogen-bond acceptors (Lipinski definition) is 4. The van der Waals surface area contributed by atoms with Gasteiger partial charge in [-0.3, -0.25) is 4.79 Å². The summed E-state index contributed by atoms with van der Waals surface area (Å²) in [5.41, 5.74) is 0.125. The van der Waals surface area contributed by atoms with Gasteiger partial charge >= 0.3 is 12.0 Å². The van der Waals surface area contributed by atoms with Crippen molar-refractivity contribution in [3.05, 3.63) is 29.8 Å². The number of carboxylic acids is 1. The Balaban J connectivity index is 2.44. The van der Waals surface area contributed by atoms with Gasteiger partial charge < -0.3 is 25.8 Å². The predicted octanol–water partition coefficient (Wildman–Crippen LogP) is 0.269. The van der Waals surface area contributed by atoms with Gasteiger partial charge in [-0.05, 0) is 12.1 Å². The molecule has 4 N–H and O–H groups in total. The molecular weight excluding hydrogens is 278 g/mol. The second-order valence-corrected chi connectivity index (χ2v) is 4.00. The number of methoxy groups -OCH3 is 1. The molecule has 0 aliphatic heterocycles. The summed E-state index contributed by atoms with van der Waals surface area (Å²) in [6.07, 6.45) is 0. The zero-order valence-electron chi connectivity index (χ0n) is 11.5. The predicted molar refractivity (Wildman–Crippen MR) is 75.3 cm³/mol. The fraction of sp³-hybridized carbons (Fsp3) is 0.308. The van der Waals surface area contributed by atoms with Crippen molar-refractivity contribution >= 4 is 23.6 Å². The third-order valence-corrected chi connectivity index (χ3v) is 2.44. The van der Waals surface area contributed by atoms with E-state index in [1.165, 1.54) is 19.2 Å². The van der Waals surface area contributed by atoms with Crippen LogP contribution in [0.3, 0.4) is 0 Å². The van der Waals surface area contributed by atoms with E-state index in [1.807, 2.05) is 0 Å². The zero-order valence-corrected chi connectivity index (χ0v) is 11.5. The largest absolute Gasteiger partial charge is 0.478 e. The van der Waals surface area contributed by atoms with Gasteiger partial charge in [0, 0.05) is 13.7 Å². The normalized spacial score (nSPS) is 9.76. The Bertz CT molecular complexity index is 518. The molecule has 0 saturated carbocycles. The molecule has 8 nitrogen and oxygen atoms in total. The first kappa shape index (κ1) is 16.4. The van der Waals surface area contributed by atoms with Crippen molar-refractivity contribution in [2.45, 2.75) is 0 Å². The molecule has 0 fully saturated rings. The maximum atomic E-state index is 11.6. The second-order valence-electron chi connectivity index (χ2n) is 4.00. The van der Waals surface area contributed by atoms with E-state index in [0.29, 0.717) is 13.2 Å². The molecule has 0 aliphatic carbocycles. The molecule has 8 heteroatoms. The number of benzene rings is 1. The minimum absolute atomic E-state index is 0.0304. The molecule has 0 spiro atoms. The van der Waals surface area contributed by atoms with Gasteiger partial charge in [-0.25, -0.2) is 9.59 Å². The average molecular weight is 295 g/mol. The van der Waals surface area contributed by atoms with E-state index in [0.717, 1.165) is 0 Å². The third-order valence-electron chi connectivity index (χ3n) is 2.44. The zero-order chi connectivity index (χ0) is 15.7. The number of urea groups is 1. The summed E-state index contributed by atoms with van der Waals surface area (Å²) >= 11 is 0. The van der Waals surface area contributed by atoms with Crippen LogP contribution in [0.15, 0.2) is 24.3 Å². The molecule has 0 bridgehead atoms. The number of carbonyl (C=O) groups is 3. The molecule has 0 aliphatic rings. The maximum absolute atomic E-state index is 11.6. The summed E-state index contributed by atoms with van der Waals surface area (Å²) in [7, 11) is 1.51. The van der Waals surface area contributed by atoms with Crippen LogP contribution in [0.2, 0.25) is 0 Å². The summed E-state index contributed by atoms with van der Waals surface area (Å²) in [6, 6.07) is 5.32. The number of hydrogen-bond donors (Lipinski definition) is 4. The van der Waals surface area contributed by atoms with Crippen molar-refractivity contribution in [1.82, 2.24) is 10.6 Å². The summed E-state index contributed by atoms with van der Waals surface area (Å²) in [5.74, 6) is -1.52. The summed E-state index contributed by atoms with van der Waals surface area (Å²) in [4.78, 5) is 33.9. The van der Waals surface area contributed by atoms with E-state index in [-0.39, 0.29) is 23.7 Å². The van der Waals surface area contributed by atoms with Crippen LogP contribution in [0.1, 0.15) is 10.4 Å². The molecule has 1 rings (SSSR count). The van der Waals surface area contributed by atoms with Gasteiger partial charge in [0.2, 0.25) is 5.91 Å². The Kier molecular flexibility index (Phi) is 6.69. The summed E-state index contributed by atoms with van der Waals surface area (Å²) in [5, 5.41) is 16.2. The van der Waals surface area contributed by atoms with E-state index in [1.54, 1.807) is 12.1 Å². The van der Waals surface area contributed by atoms with Gasteiger partial charge in [-0.15, -0.1) is 0 Å². The number of anilines is 1. The number of para-hydroxylation sites is 1. The van der Waals surface area contributed by atoms with E-state index < -0.39 is 12.0 Å². The number of aromatic carboxylic acids is 1. The summed E-state index contributed by atoms with van der Waals surface area (Å²) in [6.45, 7) is 0.509. The van der Waals surface area contributed by atoms with E-state index in [2.05, 4.69) is 16.0 Å². The van der Waals surface area contributed by atoms with Gasteiger partial charge in [-0.2, -0.15) is 0 Å². The lowest BCUT2D eigenvalue weighted by molar-refractivity contribution is -0.120. The molecule has 1 aromatic carbocycles. The minimum Gasteiger partial charge on any atom is -0.478 e. The number of carbonyl (C=O) groups excluding carboxylic acids is 2. The highest BCUT2D eigenvalue weighted by Crippen LogP contribution is 2.14. The molecule has 3 amide bonds. The van der Waals surface area contributed by atoms with Crippen LogP contribution in [0.25, 0.3) is 0 Å². The lowest BCUT2D eigenvalue weighted by Gasteiger charge is -2.10. The monoisotopic (exact) mass is 295 g/mol. The first-order valence-electron chi connectivity index (χ1n) is 6.17. The van der Waals surface area contributed by atoms with E-state index in [9.17, 15) is 14.4 Å². The van der Waals surface area contributed by atoms with Crippen molar-refractivity contribution in [3.63, 3.8) is 0 Å². The molecular formula is C13H17N3O5. The van der Waals surface area contributed by atoms with Gasteiger partial charge in [0.25, 0.3) is 0 Å². The average Bonchev–Trinajstić information content (AvgIpc) is 2.46. The van der Waals surface area contributed by atoms with Gasteiger partial charge in [-0.1, -0.05) is 12.1 Å². The Morgan fingerprint density at radius 2 is 1.90 bits per heavy atom. The van der Waals surface area contributed by atoms with Crippen molar-refractivity contribution < 1.29 is 24.2 Å². The standard InChI is InChI=1S/C13H17N3O5/c1-21-7-6-14-11(17)8-15-13(20)16-10-5-3-2-4-9(10)12(18)19/h2-5H,6-8H2,1H3,(H,14,17)(H,18,19)(H2,15,16,20). The van der Waals surface area contributed by atoms with Crippen LogP contribution in [-0.2, 0) is 9.53 Å². The number of carboxylic acid groups (broad SMARTS) is 1. The molecule has 21 heavy (non-hydrogen) atoms. The molecule has 0 heterocycles. The number of rotatable bonds is 7. The first-order valence-corrected chi connectivity index (χ1v) is 6.17. The molecule has 0 atom stereocenters. The lowest BCUT2D eigenvalue weighted by atomic mass is 10.2. The van der Waals surface area contributed by atoms with Crippen molar-refractivity contribution in [3.8, 4) is 0 Å². The molecule has 114 valence electrons. The van der Waals surface area contributed by atoms with Crippen LogP contribution in [0, 0.1) is 0 Å². The first-order chi connectivity index (χ1) is 10.0. The highest BCUT2D eigenvalue weighted by molar-refractivity contribution is 6.00. The fourth-order valence-corrected chi connectivity index (χ4v) is 1.46. The Labute approximate surface area is 121 Å². The Morgan fingerprint density at radius 1 is 1.19 bits per heavy atom. The SMILES string of the molecule is COCCNC(=O)CNC(=O)Nc1ccccc1C(=O)O. The van der Waals surface area contributed by atoms with Crippen molar-refractivity contribution in [1.29, 1.82) is 0 Å². The molecule has 0 saturated heterocycles. The molecule has 0 unspecified atom stereocenters. The molecule has 0 radical (unpaired) electrons. The van der Waals surface area contributed by atoms with Crippen LogP contribution >= 0.6 is 0 Å². The van der Waals surface area contributed by atoms with Crippen molar-refractivity contribution in [2.24, 2.45) is 0 Å². The highest BCUT2D eigenvalue weighted by Gasteiger charge is 2.11. The van der Waals surface area contributed by atoms with Gasteiger partial charge in [0.05, 0.1) is 24.4 Å². The lowest BCUT2D eigenvalue weighted by Crippen LogP contribution is -2.40. The fourth-order valence-electron chi connectivity index (χ4n) is 1.46. The molecule has 0 aromatic heterocycles. The van der Waals surface area contributed by atoms with Crippen LogP contribution in [-0.4, -0.2) is 49.8 Å². The molecule has 1 aromatic rings. The third kappa shape index (κ3) is 5.91. The maximum Gasteiger partial charge on any atom is 0.337 e. The summed E-state index contributed by atoms with van der Waals surface area (Å²) < 4.78 is 4.76.